The maximum absolute atomic E-state index is 5.66. The largest absolute Gasteiger partial charge is 0.381 e. The molecule has 0 aromatic rings. The van der Waals surface area contributed by atoms with Crippen LogP contribution in [0.5, 0.6) is 0 Å². The maximum atomic E-state index is 5.66. The number of hydrogen-bond acceptors (Lipinski definition) is 5. The Morgan fingerprint density at radius 2 is 1.70 bits per heavy atom. The molecule has 27 heavy (non-hydrogen) atoms. The summed E-state index contributed by atoms with van der Waals surface area (Å²) in [5, 5.41) is 3.56. The molecule has 4 rings (SSSR count). The predicted molar refractivity (Wildman–Crippen MR) is 106 cm³/mol. The highest BCUT2D eigenvalue weighted by Crippen LogP contribution is 2.44. The number of rotatable bonds is 5. The van der Waals surface area contributed by atoms with E-state index < -0.39 is 0 Å². The predicted octanol–water partition coefficient (Wildman–Crippen LogP) is 2.90. The molecule has 0 aromatic carbocycles. The molecule has 0 aromatic heterocycles. The molecule has 4 aliphatic rings. The first kappa shape index (κ1) is 18.5. The zero-order valence-electron chi connectivity index (χ0n) is 16.6. The minimum absolute atomic E-state index is 0.0368. The van der Waals surface area contributed by atoms with Crippen molar-refractivity contribution in [3.63, 3.8) is 0 Å². The van der Waals surface area contributed by atoms with E-state index in [1.165, 1.54) is 5.70 Å². The molecular formula is C22H30N2O3. The summed E-state index contributed by atoms with van der Waals surface area (Å²) in [6.45, 7) is 0. The van der Waals surface area contributed by atoms with Crippen LogP contribution in [0.1, 0.15) is 19.3 Å². The minimum Gasteiger partial charge on any atom is -0.381 e. The van der Waals surface area contributed by atoms with E-state index in [4.69, 9.17) is 14.2 Å². The van der Waals surface area contributed by atoms with E-state index >= 15 is 0 Å². The zero-order valence-corrected chi connectivity index (χ0v) is 16.6. The first-order valence-electron chi connectivity index (χ1n) is 9.74. The summed E-state index contributed by atoms with van der Waals surface area (Å²) >= 11 is 0. The lowest BCUT2D eigenvalue weighted by Crippen LogP contribution is -2.32. The van der Waals surface area contributed by atoms with Crippen molar-refractivity contribution in [2.45, 2.75) is 43.6 Å². The third-order valence-corrected chi connectivity index (χ3v) is 6.30. The number of hydrogen-bond donors (Lipinski definition) is 1. The van der Waals surface area contributed by atoms with Crippen LogP contribution in [0.3, 0.4) is 0 Å². The van der Waals surface area contributed by atoms with Crippen molar-refractivity contribution >= 4 is 0 Å². The van der Waals surface area contributed by atoms with Crippen LogP contribution in [0.15, 0.2) is 59.1 Å². The fourth-order valence-corrected chi connectivity index (χ4v) is 4.77. The first-order valence-corrected chi connectivity index (χ1v) is 9.74. The Kier molecular flexibility index (Phi) is 5.26. The van der Waals surface area contributed by atoms with Gasteiger partial charge in [-0.25, -0.2) is 0 Å². The molecule has 0 saturated carbocycles. The van der Waals surface area contributed by atoms with Gasteiger partial charge in [0.05, 0.1) is 12.1 Å². The summed E-state index contributed by atoms with van der Waals surface area (Å²) < 4.78 is 16.6. The highest BCUT2D eigenvalue weighted by molar-refractivity contribution is 5.42. The molecule has 5 unspecified atom stereocenters. The summed E-state index contributed by atoms with van der Waals surface area (Å²) in [6.07, 6.45) is 16.6. The topological polar surface area (TPSA) is 43.0 Å². The van der Waals surface area contributed by atoms with E-state index in [9.17, 15) is 0 Å². The molecule has 0 fully saturated rings. The van der Waals surface area contributed by atoms with Gasteiger partial charge in [-0.1, -0.05) is 18.2 Å². The standard InChI is InChI=1S/C22H30N2O3/c1-24-19-8-5-14(23-15-6-10-21(26-3)22(12-15)27-4)11-17(19)18-13-16(25-2)7-9-20(18)24/h5-6,8,10-12,16-17,19,21-23H,7,9,13H2,1-4H3. The molecule has 1 N–H and O–H groups in total. The van der Waals surface area contributed by atoms with E-state index in [1.807, 2.05) is 13.2 Å². The average molecular weight is 370 g/mol. The number of ether oxygens (including phenoxy) is 3. The molecule has 0 bridgehead atoms. The smallest absolute Gasteiger partial charge is 0.107 e. The molecule has 146 valence electrons. The van der Waals surface area contributed by atoms with Crippen LogP contribution >= 0.6 is 0 Å². The lowest BCUT2D eigenvalue weighted by molar-refractivity contribution is 0.0132. The summed E-state index contributed by atoms with van der Waals surface area (Å²) in [5.74, 6) is 0.425. The molecule has 0 saturated heterocycles. The molecular weight excluding hydrogens is 340 g/mol. The van der Waals surface area contributed by atoms with Gasteiger partial charge >= 0.3 is 0 Å². The number of nitrogens with one attached hydrogen (secondary N) is 1. The van der Waals surface area contributed by atoms with Crippen molar-refractivity contribution < 1.29 is 14.2 Å². The second-order valence-electron chi connectivity index (χ2n) is 7.69. The Morgan fingerprint density at radius 3 is 2.44 bits per heavy atom. The van der Waals surface area contributed by atoms with Gasteiger partial charge in [-0.15, -0.1) is 0 Å². The minimum atomic E-state index is -0.0730. The van der Waals surface area contributed by atoms with Gasteiger partial charge in [-0.05, 0) is 43.1 Å². The second kappa shape index (κ2) is 7.66. The van der Waals surface area contributed by atoms with Crippen LogP contribution in [0.2, 0.25) is 0 Å². The molecule has 5 nitrogen and oxygen atoms in total. The van der Waals surface area contributed by atoms with Crippen LogP contribution in [0, 0.1) is 5.92 Å². The van der Waals surface area contributed by atoms with Crippen LogP contribution in [-0.2, 0) is 14.2 Å². The highest BCUT2D eigenvalue weighted by atomic mass is 16.5. The molecule has 0 amide bonds. The van der Waals surface area contributed by atoms with Gasteiger partial charge in [-0.2, -0.15) is 0 Å². The Morgan fingerprint density at radius 1 is 0.963 bits per heavy atom. The zero-order chi connectivity index (χ0) is 19.0. The van der Waals surface area contributed by atoms with Gasteiger partial charge in [0.1, 0.15) is 12.2 Å². The second-order valence-corrected chi connectivity index (χ2v) is 7.69. The lowest BCUT2D eigenvalue weighted by atomic mass is 9.83. The van der Waals surface area contributed by atoms with Gasteiger partial charge in [0.25, 0.3) is 0 Å². The summed E-state index contributed by atoms with van der Waals surface area (Å²) in [4.78, 5) is 2.46. The fourth-order valence-electron chi connectivity index (χ4n) is 4.77. The van der Waals surface area contributed by atoms with E-state index in [0.717, 1.165) is 30.7 Å². The van der Waals surface area contributed by atoms with Crippen molar-refractivity contribution in [2.24, 2.45) is 5.92 Å². The van der Waals surface area contributed by atoms with E-state index in [1.54, 1.807) is 19.8 Å². The van der Waals surface area contributed by atoms with Gasteiger partial charge in [-0.3, -0.25) is 0 Å². The van der Waals surface area contributed by atoms with Crippen LogP contribution in [-0.4, -0.2) is 57.6 Å². The Hall–Kier alpha value is -1.82. The van der Waals surface area contributed by atoms with Gasteiger partial charge < -0.3 is 24.4 Å². The SMILES string of the molecule is COC1CCC2=C(C1)C1C=C(NC3=CC(OC)C(OC)C=C3)C=CC1N2C. The van der Waals surface area contributed by atoms with Gasteiger partial charge in [0, 0.05) is 51.4 Å². The van der Waals surface area contributed by atoms with Crippen molar-refractivity contribution in [1.29, 1.82) is 0 Å². The normalized spacial score (nSPS) is 35.0. The molecule has 3 aliphatic carbocycles. The average Bonchev–Trinajstić information content (AvgIpc) is 2.99. The third-order valence-electron chi connectivity index (χ3n) is 6.30. The fraction of sp³-hybridized carbons (Fsp3) is 0.545. The number of allylic oxidation sites excluding steroid dienone is 3. The third kappa shape index (κ3) is 3.40. The Balaban J connectivity index is 1.52. The van der Waals surface area contributed by atoms with E-state index in [-0.39, 0.29) is 12.2 Å². The maximum Gasteiger partial charge on any atom is 0.107 e. The van der Waals surface area contributed by atoms with Crippen molar-refractivity contribution in [2.75, 3.05) is 28.4 Å². The summed E-state index contributed by atoms with van der Waals surface area (Å²) in [7, 11) is 7.48. The van der Waals surface area contributed by atoms with Crippen LogP contribution < -0.4 is 5.32 Å². The van der Waals surface area contributed by atoms with Crippen LogP contribution in [0.4, 0.5) is 0 Å². The Labute approximate surface area is 162 Å². The Bertz CT molecular complexity index is 734. The summed E-state index contributed by atoms with van der Waals surface area (Å²) in [6, 6.07) is 0.427. The van der Waals surface area contributed by atoms with Gasteiger partial charge in [0.15, 0.2) is 0 Å². The highest BCUT2D eigenvalue weighted by Gasteiger charge is 2.40. The number of likely N-dealkylation sites (N-methyl/N-ethyl adjacent to an activating group) is 1. The van der Waals surface area contributed by atoms with Crippen molar-refractivity contribution in [3.05, 3.63) is 59.1 Å². The molecule has 1 aliphatic heterocycles. The molecule has 5 heteroatoms. The van der Waals surface area contributed by atoms with E-state index in [0.29, 0.717) is 18.1 Å². The van der Waals surface area contributed by atoms with Crippen LogP contribution in [0.25, 0.3) is 0 Å². The monoisotopic (exact) mass is 370 g/mol. The molecule has 1 heterocycles. The quantitative estimate of drug-likeness (QED) is 0.806. The van der Waals surface area contributed by atoms with Crippen molar-refractivity contribution in [3.8, 4) is 0 Å². The number of nitrogens with zero attached hydrogens (tertiary/aromatic N) is 1. The molecule has 5 atom stereocenters. The van der Waals surface area contributed by atoms with Gasteiger partial charge in [0.2, 0.25) is 0 Å². The lowest BCUT2D eigenvalue weighted by Gasteiger charge is -2.29. The number of methoxy groups -OCH3 is 3. The van der Waals surface area contributed by atoms with E-state index in [2.05, 4.69) is 47.6 Å². The van der Waals surface area contributed by atoms with Crippen molar-refractivity contribution in [1.82, 2.24) is 10.2 Å². The number of fused-ring (bicyclic) bond motifs is 2. The summed E-state index contributed by atoms with van der Waals surface area (Å²) in [5.41, 5.74) is 5.24. The molecule has 0 spiro atoms. The molecule has 0 radical (unpaired) electrons. The first-order chi connectivity index (χ1) is 13.1.